The van der Waals surface area contributed by atoms with Crippen molar-refractivity contribution in [3.63, 3.8) is 0 Å². The molecule has 23 heavy (non-hydrogen) atoms. The third-order valence-electron chi connectivity index (χ3n) is 3.29. The summed E-state index contributed by atoms with van der Waals surface area (Å²) in [6, 6.07) is 11.4. The molecular weight excluding hydrogens is 317 g/mol. The Balaban J connectivity index is 1.72. The molecule has 0 saturated carbocycles. The van der Waals surface area contributed by atoms with Gasteiger partial charge in [-0.3, -0.25) is 4.79 Å². The number of anilines is 1. The second-order valence-electron chi connectivity index (χ2n) is 5.02. The number of hydrogen-bond acceptors (Lipinski definition) is 3. The molecule has 0 aliphatic carbocycles. The molecule has 1 amide bonds. The Morgan fingerprint density at radius 1 is 1.17 bits per heavy atom. The second-order valence-corrected chi connectivity index (χ2v) is 6.40. The fourth-order valence-corrected chi connectivity index (χ4v) is 3.02. The summed E-state index contributed by atoms with van der Waals surface area (Å²) in [4.78, 5) is 29.2. The fourth-order valence-electron chi connectivity index (χ4n) is 2.14. The molecule has 7 heteroatoms. The number of H-pyrrole nitrogens is 2. The van der Waals surface area contributed by atoms with E-state index in [2.05, 4.69) is 15.3 Å². The van der Waals surface area contributed by atoms with Gasteiger partial charge in [-0.25, -0.2) is 9.18 Å². The van der Waals surface area contributed by atoms with Crippen molar-refractivity contribution < 1.29 is 9.18 Å². The number of aromatic nitrogens is 2. The lowest BCUT2D eigenvalue weighted by Crippen LogP contribution is -2.22. The monoisotopic (exact) mass is 331 g/mol. The third-order valence-corrected chi connectivity index (χ3v) is 4.45. The maximum Gasteiger partial charge on any atom is 0.323 e. The lowest BCUT2D eigenvalue weighted by molar-refractivity contribution is -0.115. The van der Waals surface area contributed by atoms with Crippen LogP contribution in [0.5, 0.6) is 0 Å². The van der Waals surface area contributed by atoms with Gasteiger partial charge in [0.15, 0.2) is 0 Å². The SMILES string of the molecule is C[C@@H](Sc1ccccc1F)C(=O)Nc1ccc2[nH]c(=O)[nH]c2c1. The molecule has 0 aliphatic rings. The molecule has 0 spiro atoms. The van der Waals surface area contributed by atoms with Crippen LogP contribution >= 0.6 is 11.8 Å². The first-order chi connectivity index (χ1) is 11.0. The highest BCUT2D eigenvalue weighted by Gasteiger charge is 2.16. The van der Waals surface area contributed by atoms with Gasteiger partial charge in [0.25, 0.3) is 0 Å². The molecule has 1 heterocycles. The maximum absolute atomic E-state index is 13.6. The van der Waals surface area contributed by atoms with Crippen molar-refractivity contribution in [2.75, 3.05) is 5.32 Å². The van der Waals surface area contributed by atoms with Crippen LogP contribution in [0.1, 0.15) is 6.92 Å². The van der Waals surface area contributed by atoms with E-state index in [1.54, 1.807) is 43.3 Å². The van der Waals surface area contributed by atoms with Crippen LogP contribution in [0.3, 0.4) is 0 Å². The minimum Gasteiger partial charge on any atom is -0.325 e. The topological polar surface area (TPSA) is 77.8 Å². The van der Waals surface area contributed by atoms with Crippen molar-refractivity contribution in [2.45, 2.75) is 17.1 Å². The molecule has 0 radical (unpaired) electrons. The largest absolute Gasteiger partial charge is 0.325 e. The average Bonchev–Trinajstić information content (AvgIpc) is 2.88. The van der Waals surface area contributed by atoms with Gasteiger partial charge in [-0.2, -0.15) is 0 Å². The van der Waals surface area contributed by atoms with Crippen molar-refractivity contribution in [1.29, 1.82) is 0 Å². The quantitative estimate of drug-likeness (QED) is 0.643. The lowest BCUT2D eigenvalue weighted by atomic mass is 10.2. The molecule has 1 aromatic heterocycles. The van der Waals surface area contributed by atoms with E-state index in [0.717, 1.165) is 11.8 Å². The number of carbonyl (C=O) groups is 1. The van der Waals surface area contributed by atoms with Gasteiger partial charge in [0.05, 0.1) is 16.3 Å². The Morgan fingerprint density at radius 3 is 2.70 bits per heavy atom. The number of thioether (sulfide) groups is 1. The summed E-state index contributed by atoms with van der Waals surface area (Å²) < 4.78 is 13.6. The zero-order valence-corrected chi connectivity index (χ0v) is 13.0. The number of aromatic amines is 2. The van der Waals surface area contributed by atoms with Gasteiger partial charge < -0.3 is 15.3 Å². The minimum absolute atomic E-state index is 0.240. The molecule has 0 aliphatic heterocycles. The van der Waals surface area contributed by atoms with Crippen LogP contribution < -0.4 is 11.0 Å². The average molecular weight is 331 g/mol. The van der Waals surface area contributed by atoms with Crippen molar-refractivity contribution in [3.05, 3.63) is 58.8 Å². The van der Waals surface area contributed by atoms with E-state index in [-0.39, 0.29) is 17.4 Å². The van der Waals surface area contributed by atoms with Gasteiger partial charge in [-0.1, -0.05) is 12.1 Å². The van der Waals surface area contributed by atoms with Crippen molar-refractivity contribution in [1.82, 2.24) is 9.97 Å². The number of fused-ring (bicyclic) bond motifs is 1. The Kier molecular flexibility index (Phi) is 4.20. The van der Waals surface area contributed by atoms with Crippen LogP contribution in [-0.4, -0.2) is 21.1 Å². The van der Waals surface area contributed by atoms with Crippen molar-refractivity contribution in [3.8, 4) is 0 Å². The summed E-state index contributed by atoms with van der Waals surface area (Å²) in [6.45, 7) is 1.71. The zero-order chi connectivity index (χ0) is 16.4. The van der Waals surface area contributed by atoms with E-state index >= 15 is 0 Å². The highest BCUT2D eigenvalue weighted by Crippen LogP contribution is 2.26. The van der Waals surface area contributed by atoms with E-state index in [0.29, 0.717) is 21.6 Å². The Labute approximate surface area is 135 Å². The normalized spacial score (nSPS) is 12.3. The molecule has 1 atom stereocenters. The highest BCUT2D eigenvalue weighted by atomic mass is 32.2. The number of imidazole rings is 1. The van der Waals surface area contributed by atoms with E-state index < -0.39 is 5.25 Å². The van der Waals surface area contributed by atoms with E-state index in [1.807, 2.05) is 0 Å². The summed E-state index contributed by atoms with van der Waals surface area (Å²) in [7, 11) is 0. The molecule has 118 valence electrons. The Bertz CT molecular complexity index is 919. The predicted molar refractivity (Wildman–Crippen MR) is 89.3 cm³/mol. The van der Waals surface area contributed by atoms with Crippen LogP contribution in [0.25, 0.3) is 11.0 Å². The first-order valence-corrected chi connectivity index (χ1v) is 7.85. The predicted octanol–water partition coefficient (Wildman–Crippen LogP) is 3.11. The summed E-state index contributed by atoms with van der Waals surface area (Å²) in [6.07, 6.45) is 0. The molecule has 0 unspecified atom stereocenters. The fraction of sp³-hybridized carbons (Fsp3) is 0.125. The molecule has 2 aromatic carbocycles. The van der Waals surface area contributed by atoms with E-state index in [9.17, 15) is 14.0 Å². The third kappa shape index (κ3) is 3.45. The van der Waals surface area contributed by atoms with Crippen LogP contribution in [0.2, 0.25) is 0 Å². The van der Waals surface area contributed by atoms with Gasteiger partial charge in [-0.15, -0.1) is 11.8 Å². The van der Waals surface area contributed by atoms with Gasteiger partial charge >= 0.3 is 5.69 Å². The van der Waals surface area contributed by atoms with Crippen LogP contribution in [0, 0.1) is 5.82 Å². The summed E-state index contributed by atoms with van der Waals surface area (Å²) >= 11 is 1.15. The molecule has 3 aromatic rings. The molecule has 0 saturated heterocycles. The van der Waals surface area contributed by atoms with Gasteiger partial charge in [0.1, 0.15) is 5.82 Å². The number of benzene rings is 2. The molecular formula is C16H14FN3O2S. The summed E-state index contributed by atoms with van der Waals surface area (Å²) in [5.41, 5.74) is 1.55. The first kappa shape index (κ1) is 15.4. The first-order valence-electron chi connectivity index (χ1n) is 6.97. The van der Waals surface area contributed by atoms with Gasteiger partial charge in [-0.05, 0) is 37.3 Å². The zero-order valence-electron chi connectivity index (χ0n) is 12.2. The lowest BCUT2D eigenvalue weighted by Gasteiger charge is -2.12. The Hall–Kier alpha value is -2.54. The number of carbonyl (C=O) groups excluding carboxylic acids is 1. The second kappa shape index (κ2) is 6.29. The van der Waals surface area contributed by atoms with Crippen LogP contribution in [0.4, 0.5) is 10.1 Å². The highest BCUT2D eigenvalue weighted by molar-refractivity contribution is 8.00. The van der Waals surface area contributed by atoms with Gasteiger partial charge in [0, 0.05) is 10.6 Å². The van der Waals surface area contributed by atoms with Crippen molar-refractivity contribution in [2.24, 2.45) is 0 Å². The smallest absolute Gasteiger partial charge is 0.323 e. The van der Waals surface area contributed by atoms with Crippen LogP contribution in [-0.2, 0) is 4.79 Å². The molecule has 3 N–H and O–H groups in total. The number of amides is 1. The molecule has 5 nitrogen and oxygen atoms in total. The maximum atomic E-state index is 13.6. The summed E-state index contributed by atoms with van der Waals surface area (Å²) in [5, 5.41) is 2.30. The van der Waals surface area contributed by atoms with E-state index in [4.69, 9.17) is 0 Å². The molecule has 0 fully saturated rings. The number of rotatable bonds is 4. The number of nitrogens with one attached hydrogen (secondary N) is 3. The van der Waals surface area contributed by atoms with Crippen molar-refractivity contribution >= 4 is 34.4 Å². The number of halogens is 1. The Morgan fingerprint density at radius 2 is 1.91 bits per heavy atom. The van der Waals surface area contributed by atoms with Crippen LogP contribution in [0.15, 0.2) is 52.2 Å². The number of hydrogen-bond donors (Lipinski definition) is 3. The van der Waals surface area contributed by atoms with E-state index in [1.165, 1.54) is 6.07 Å². The molecule has 3 rings (SSSR count). The standard InChI is InChI=1S/C16H14FN3O2S/c1-9(23-14-5-3-2-4-11(14)17)15(21)18-10-6-7-12-13(8-10)20-16(22)19-12/h2-9H,1H3,(H,18,21)(H2,19,20,22)/t9-/m1/s1. The summed E-state index contributed by atoms with van der Waals surface area (Å²) in [5.74, 6) is -0.584. The molecule has 0 bridgehead atoms. The van der Waals surface area contributed by atoms with Gasteiger partial charge in [0.2, 0.25) is 5.91 Å². The minimum atomic E-state index is -0.465.